The van der Waals surface area contributed by atoms with Gasteiger partial charge in [0.15, 0.2) is 0 Å². The third kappa shape index (κ3) is 2.31. The number of nitrogens with two attached hydrogens (primary N) is 1. The molecule has 1 heterocycles. The second-order valence-electron chi connectivity index (χ2n) is 2.59. The maximum atomic E-state index is 12.5. The predicted octanol–water partition coefficient (Wildman–Crippen LogP) is 2.76. The Morgan fingerprint density at radius 1 is 1.27 bits per heavy atom. The molecule has 0 unspecified atom stereocenters. The molecule has 0 aliphatic heterocycles. The van der Waals surface area contributed by atoms with Crippen LogP contribution in [-0.4, -0.2) is 4.98 Å². The summed E-state index contributed by atoms with van der Waals surface area (Å²) in [5.74, 6) is -1.65. The molecule has 2 nitrogen and oxygen atoms in total. The lowest BCUT2D eigenvalue weighted by Crippen LogP contribution is -2.13. The van der Waals surface area contributed by atoms with E-state index >= 15 is 0 Å². The van der Waals surface area contributed by atoms with Crippen molar-refractivity contribution in [3.63, 3.8) is 0 Å². The Morgan fingerprint density at radius 3 is 2.20 bits per heavy atom. The van der Waals surface area contributed by atoms with E-state index in [0.29, 0.717) is 0 Å². The van der Waals surface area contributed by atoms with Crippen LogP contribution in [0.4, 0.5) is 32.0 Å². The number of pyridine rings is 1. The normalized spacial score (nSPS) is 12.2. The number of anilines is 1. The van der Waals surface area contributed by atoms with E-state index in [1.807, 2.05) is 0 Å². The number of alkyl halides is 5. The van der Waals surface area contributed by atoms with Crippen LogP contribution in [0.25, 0.3) is 0 Å². The van der Waals surface area contributed by atoms with E-state index in [-0.39, 0.29) is 6.07 Å². The summed E-state index contributed by atoms with van der Waals surface area (Å²) in [6.07, 6.45) is -8.35. The summed E-state index contributed by atoms with van der Waals surface area (Å²) >= 11 is 0. The van der Waals surface area contributed by atoms with Gasteiger partial charge < -0.3 is 5.73 Å². The molecule has 0 aliphatic rings. The summed E-state index contributed by atoms with van der Waals surface area (Å²) in [5, 5.41) is 0. The van der Waals surface area contributed by atoms with Crippen molar-refractivity contribution in [3.8, 4) is 0 Å². The summed E-state index contributed by atoms with van der Waals surface area (Å²) in [6, 6.07) is -0.0266. The Morgan fingerprint density at radius 2 is 1.80 bits per heavy atom. The zero-order chi connectivity index (χ0) is 11.8. The second kappa shape index (κ2) is 3.59. The molecule has 0 bridgehead atoms. The number of rotatable bonds is 1. The van der Waals surface area contributed by atoms with Crippen molar-refractivity contribution in [3.05, 3.63) is 23.3 Å². The van der Waals surface area contributed by atoms with E-state index in [9.17, 15) is 26.3 Å². The standard InChI is InChI=1S/C7H4F6N2/c8-3-1-2(7(11,12)13)4(14)5(15-3)6(9)10/h1,6H,14H2. The molecule has 2 N–H and O–H groups in total. The van der Waals surface area contributed by atoms with Crippen molar-refractivity contribution in [2.75, 3.05) is 5.73 Å². The summed E-state index contributed by atoms with van der Waals surface area (Å²) < 4.78 is 73.2. The largest absolute Gasteiger partial charge is 0.418 e. The van der Waals surface area contributed by atoms with Crippen LogP contribution in [0.2, 0.25) is 0 Å². The first-order valence-corrected chi connectivity index (χ1v) is 3.54. The highest BCUT2D eigenvalue weighted by molar-refractivity contribution is 5.52. The van der Waals surface area contributed by atoms with Crippen molar-refractivity contribution in [1.29, 1.82) is 0 Å². The second-order valence-corrected chi connectivity index (χ2v) is 2.59. The lowest BCUT2D eigenvalue weighted by molar-refractivity contribution is -0.137. The first-order valence-electron chi connectivity index (χ1n) is 3.54. The highest BCUT2D eigenvalue weighted by atomic mass is 19.4. The molecule has 8 heteroatoms. The molecule has 84 valence electrons. The number of hydrogen-bond donors (Lipinski definition) is 1. The van der Waals surface area contributed by atoms with Crippen LogP contribution in [0.1, 0.15) is 17.7 Å². The minimum Gasteiger partial charge on any atom is -0.397 e. The van der Waals surface area contributed by atoms with Gasteiger partial charge in [0.25, 0.3) is 6.43 Å². The van der Waals surface area contributed by atoms with Gasteiger partial charge in [0.05, 0.1) is 11.3 Å². The maximum absolute atomic E-state index is 12.5. The third-order valence-electron chi connectivity index (χ3n) is 1.57. The number of nitrogen functional groups attached to an aromatic ring is 1. The molecule has 15 heavy (non-hydrogen) atoms. The minimum atomic E-state index is -4.99. The van der Waals surface area contributed by atoms with Crippen molar-refractivity contribution in [2.45, 2.75) is 12.6 Å². The van der Waals surface area contributed by atoms with Gasteiger partial charge in [-0.05, 0) is 0 Å². The van der Waals surface area contributed by atoms with Crippen LogP contribution in [0.15, 0.2) is 6.07 Å². The van der Waals surface area contributed by atoms with Gasteiger partial charge in [0, 0.05) is 6.07 Å². The molecule has 0 radical (unpaired) electrons. The molecular weight excluding hydrogens is 226 g/mol. The highest BCUT2D eigenvalue weighted by Gasteiger charge is 2.36. The zero-order valence-corrected chi connectivity index (χ0v) is 6.95. The average Bonchev–Trinajstić information content (AvgIpc) is 2.06. The number of hydrogen-bond acceptors (Lipinski definition) is 2. The topological polar surface area (TPSA) is 38.9 Å². The monoisotopic (exact) mass is 230 g/mol. The van der Waals surface area contributed by atoms with Crippen molar-refractivity contribution in [1.82, 2.24) is 4.98 Å². The van der Waals surface area contributed by atoms with Crippen LogP contribution in [0, 0.1) is 5.95 Å². The van der Waals surface area contributed by atoms with Crippen molar-refractivity contribution >= 4 is 5.69 Å². The van der Waals surface area contributed by atoms with E-state index in [1.165, 1.54) is 0 Å². The molecule has 0 aliphatic carbocycles. The highest BCUT2D eigenvalue weighted by Crippen LogP contribution is 2.37. The Bertz CT molecular complexity index is 372. The Hall–Kier alpha value is -1.47. The predicted molar refractivity (Wildman–Crippen MR) is 38.6 cm³/mol. The summed E-state index contributed by atoms with van der Waals surface area (Å²) in [4.78, 5) is 2.60. The molecule has 1 rings (SSSR count). The van der Waals surface area contributed by atoms with Gasteiger partial charge in [-0.1, -0.05) is 0 Å². The lowest BCUT2D eigenvalue weighted by Gasteiger charge is -2.12. The van der Waals surface area contributed by atoms with E-state index in [0.717, 1.165) is 0 Å². The van der Waals surface area contributed by atoms with Gasteiger partial charge in [0.1, 0.15) is 5.69 Å². The van der Waals surface area contributed by atoms with Crippen molar-refractivity contribution < 1.29 is 26.3 Å². The van der Waals surface area contributed by atoms with E-state index in [1.54, 1.807) is 0 Å². The number of nitrogens with zero attached hydrogens (tertiary/aromatic N) is 1. The van der Waals surface area contributed by atoms with Crippen LogP contribution in [0.3, 0.4) is 0 Å². The summed E-state index contributed by atoms with van der Waals surface area (Å²) in [6.45, 7) is 0. The van der Waals surface area contributed by atoms with E-state index in [2.05, 4.69) is 4.98 Å². The van der Waals surface area contributed by atoms with Gasteiger partial charge in [-0.3, -0.25) is 0 Å². The first-order chi connectivity index (χ1) is 6.73. The molecule has 0 aromatic carbocycles. The third-order valence-corrected chi connectivity index (χ3v) is 1.57. The first kappa shape index (κ1) is 11.6. The minimum absolute atomic E-state index is 0.0266. The van der Waals surface area contributed by atoms with Gasteiger partial charge in [0.2, 0.25) is 5.95 Å². The lowest BCUT2D eigenvalue weighted by atomic mass is 10.1. The molecule has 0 spiro atoms. The van der Waals surface area contributed by atoms with E-state index in [4.69, 9.17) is 5.73 Å². The zero-order valence-electron chi connectivity index (χ0n) is 6.95. The molecule has 0 saturated carbocycles. The van der Waals surface area contributed by atoms with Crippen molar-refractivity contribution in [2.24, 2.45) is 0 Å². The number of halogens is 6. The van der Waals surface area contributed by atoms with Gasteiger partial charge >= 0.3 is 6.18 Å². The fourth-order valence-electron chi connectivity index (χ4n) is 0.943. The maximum Gasteiger partial charge on any atom is 0.418 e. The Labute approximate surface area is 79.7 Å². The fraction of sp³-hybridized carbons (Fsp3) is 0.286. The Kier molecular flexibility index (Phi) is 2.78. The molecule has 1 aromatic heterocycles. The summed E-state index contributed by atoms with van der Waals surface area (Å²) in [7, 11) is 0. The molecule has 0 amide bonds. The average molecular weight is 230 g/mol. The van der Waals surface area contributed by atoms with Gasteiger partial charge in [-0.2, -0.15) is 17.6 Å². The molecule has 0 fully saturated rings. The molecular formula is C7H4F6N2. The fourth-order valence-corrected chi connectivity index (χ4v) is 0.943. The van der Waals surface area contributed by atoms with Gasteiger partial charge in [-0.15, -0.1) is 0 Å². The molecule has 0 saturated heterocycles. The smallest absolute Gasteiger partial charge is 0.397 e. The molecule has 1 aromatic rings. The van der Waals surface area contributed by atoms with Crippen LogP contribution < -0.4 is 5.73 Å². The summed E-state index contributed by atoms with van der Waals surface area (Å²) in [5.41, 5.74) is 0.511. The van der Waals surface area contributed by atoms with Crippen LogP contribution >= 0.6 is 0 Å². The van der Waals surface area contributed by atoms with Crippen LogP contribution in [0.5, 0.6) is 0 Å². The molecule has 0 atom stereocenters. The quantitative estimate of drug-likeness (QED) is 0.595. The van der Waals surface area contributed by atoms with Gasteiger partial charge in [-0.25, -0.2) is 13.8 Å². The SMILES string of the molecule is Nc1c(C(F)(F)F)cc(F)nc1C(F)F. The van der Waals surface area contributed by atoms with E-state index < -0.39 is 35.5 Å². The van der Waals surface area contributed by atoms with Crippen LogP contribution in [-0.2, 0) is 6.18 Å². The Balaban J connectivity index is 3.42. The number of aromatic nitrogens is 1.